The van der Waals surface area contributed by atoms with Gasteiger partial charge in [0, 0.05) is 17.3 Å². The van der Waals surface area contributed by atoms with Gasteiger partial charge in [-0.25, -0.2) is 27.4 Å². The van der Waals surface area contributed by atoms with Gasteiger partial charge in [0.1, 0.15) is 10.6 Å². The van der Waals surface area contributed by atoms with E-state index >= 15 is 0 Å². The van der Waals surface area contributed by atoms with Gasteiger partial charge in [-0.2, -0.15) is 0 Å². The standard InChI is InChI=1S/C20H16ClN3O4S/c1-28-16-8-4-7-15(12-16)24-19-18(10-5-11-22-19)29(26,27)23(20(24)25)13-14-6-2-3-9-17(14)21/h2-12H,13H2,1H3. The molecule has 2 heterocycles. The average Bonchev–Trinajstić information content (AvgIpc) is 2.73. The molecule has 0 radical (unpaired) electrons. The zero-order valence-corrected chi connectivity index (χ0v) is 16.9. The summed E-state index contributed by atoms with van der Waals surface area (Å²) in [5, 5.41) is 0.375. The lowest BCUT2D eigenvalue weighted by Gasteiger charge is -2.35. The summed E-state index contributed by atoms with van der Waals surface area (Å²) in [5.74, 6) is 0.569. The number of carbonyl (C=O) groups is 1. The molecule has 0 aliphatic carbocycles. The third-order valence-corrected chi connectivity index (χ3v) is 6.63. The van der Waals surface area contributed by atoms with E-state index in [1.54, 1.807) is 48.5 Å². The van der Waals surface area contributed by atoms with Crippen molar-refractivity contribution in [2.24, 2.45) is 0 Å². The van der Waals surface area contributed by atoms with Crippen LogP contribution in [0.3, 0.4) is 0 Å². The van der Waals surface area contributed by atoms with Crippen molar-refractivity contribution in [1.29, 1.82) is 0 Å². The maximum Gasteiger partial charge on any atom is 0.344 e. The topological polar surface area (TPSA) is 79.8 Å². The quantitative estimate of drug-likeness (QED) is 0.620. The van der Waals surface area contributed by atoms with E-state index < -0.39 is 16.1 Å². The SMILES string of the molecule is COc1cccc(N2C(=O)N(Cc3ccccc3Cl)S(=O)(=O)c3cccnc32)c1. The summed E-state index contributed by atoms with van der Waals surface area (Å²) in [7, 11) is -2.60. The summed E-state index contributed by atoms with van der Waals surface area (Å²) in [5.41, 5.74) is 0.956. The Kier molecular flexibility index (Phi) is 4.89. The highest BCUT2D eigenvalue weighted by atomic mass is 35.5. The van der Waals surface area contributed by atoms with Crippen LogP contribution in [0.2, 0.25) is 5.02 Å². The second-order valence-electron chi connectivity index (χ2n) is 6.25. The maximum atomic E-state index is 13.4. The van der Waals surface area contributed by atoms with Crippen molar-refractivity contribution in [3.63, 3.8) is 0 Å². The van der Waals surface area contributed by atoms with Gasteiger partial charge in [-0.1, -0.05) is 35.9 Å². The molecule has 0 spiro atoms. The molecule has 3 aromatic rings. The first-order valence-electron chi connectivity index (χ1n) is 8.63. The number of anilines is 2. The number of carbonyl (C=O) groups excluding carboxylic acids is 1. The van der Waals surface area contributed by atoms with Crippen LogP contribution in [0.5, 0.6) is 5.75 Å². The zero-order valence-electron chi connectivity index (χ0n) is 15.3. The molecule has 7 nitrogen and oxygen atoms in total. The smallest absolute Gasteiger partial charge is 0.344 e. The maximum absolute atomic E-state index is 13.4. The minimum atomic E-state index is -4.11. The minimum Gasteiger partial charge on any atom is -0.497 e. The van der Waals surface area contributed by atoms with Gasteiger partial charge in [-0.05, 0) is 35.9 Å². The van der Waals surface area contributed by atoms with Crippen LogP contribution < -0.4 is 9.64 Å². The molecule has 148 valence electrons. The monoisotopic (exact) mass is 429 g/mol. The Labute approximate surface area is 173 Å². The second-order valence-corrected chi connectivity index (χ2v) is 8.49. The minimum absolute atomic E-state index is 0.0427. The van der Waals surface area contributed by atoms with Crippen molar-refractivity contribution in [2.45, 2.75) is 11.4 Å². The Balaban J connectivity index is 1.88. The van der Waals surface area contributed by atoms with Gasteiger partial charge < -0.3 is 4.74 Å². The van der Waals surface area contributed by atoms with Crippen LogP contribution in [-0.2, 0) is 16.6 Å². The lowest BCUT2D eigenvalue weighted by atomic mass is 10.2. The number of rotatable bonds is 4. The van der Waals surface area contributed by atoms with Gasteiger partial charge in [0.25, 0.3) is 10.0 Å². The zero-order chi connectivity index (χ0) is 20.6. The lowest BCUT2D eigenvalue weighted by Crippen LogP contribution is -2.48. The molecular formula is C20H16ClN3O4S. The summed E-state index contributed by atoms with van der Waals surface area (Å²) in [6.45, 7) is -0.199. The Bertz CT molecular complexity index is 1200. The first-order chi connectivity index (χ1) is 13.9. The molecule has 1 aliphatic rings. The number of hydrogen-bond acceptors (Lipinski definition) is 5. The molecule has 2 aromatic carbocycles. The fourth-order valence-electron chi connectivity index (χ4n) is 3.09. The molecule has 9 heteroatoms. The Hall–Kier alpha value is -3.10. The van der Waals surface area contributed by atoms with E-state index in [0.717, 1.165) is 4.31 Å². The highest BCUT2D eigenvalue weighted by Crippen LogP contribution is 2.39. The van der Waals surface area contributed by atoms with Crippen LogP contribution in [0, 0.1) is 0 Å². The van der Waals surface area contributed by atoms with Crippen LogP contribution in [0.15, 0.2) is 71.8 Å². The number of ether oxygens (including phenoxy) is 1. The van der Waals surface area contributed by atoms with Crippen molar-refractivity contribution in [3.8, 4) is 5.75 Å². The fraction of sp³-hybridized carbons (Fsp3) is 0.100. The predicted molar refractivity (Wildman–Crippen MR) is 109 cm³/mol. The van der Waals surface area contributed by atoms with Crippen molar-refractivity contribution < 1.29 is 17.9 Å². The number of fused-ring (bicyclic) bond motifs is 1. The van der Waals surface area contributed by atoms with Gasteiger partial charge in [0.15, 0.2) is 5.82 Å². The van der Waals surface area contributed by atoms with Gasteiger partial charge >= 0.3 is 6.03 Å². The number of pyridine rings is 1. The van der Waals surface area contributed by atoms with E-state index in [4.69, 9.17) is 16.3 Å². The van der Waals surface area contributed by atoms with Gasteiger partial charge in [0.2, 0.25) is 0 Å². The van der Waals surface area contributed by atoms with E-state index in [1.807, 2.05) is 0 Å². The first kappa shape index (κ1) is 19.2. The number of hydrogen-bond donors (Lipinski definition) is 0. The van der Waals surface area contributed by atoms with E-state index in [-0.39, 0.29) is 17.3 Å². The molecule has 0 saturated carbocycles. The predicted octanol–water partition coefficient (Wildman–Crippen LogP) is 4.21. The fourth-order valence-corrected chi connectivity index (χ4v) is 4.75. The molecule has 1 aliphatic heterocycles. The number of amides is 2. The first-order valence-corrected chi connectivity index (χ1v) is 10.4. The largest absolute Gasteiger partial charge is 0.497 e. The molecule has 0 saturated heterocycles. The normalized spacial score (nSPS) is 15.2. The summed E-state index contributed by atoms with van der Waals surface area (Å²) in [6, 6.07) is 15.8. The molecule has 29 heavy (non-hydrogen) atoms. The third kappa shape index (κ3) is 3.30. The highest BCUT2D eigenvalue weighted by molar-refractivity contribution is 7.90. The molecule has 2 amide bonds. The number of halogens is 1. The van der Waals surface area contributed by atoms with Crippen LogP contribution in [-0.4, -0.2) is 30.8 Å². The van der Waals surface area contributed by atoms with Crippen LogP contribution in [0.1, 0.15) is 5.56 Å². The third-order valence-electron chi connectivity index (χ3n) is 4.52. The number of benzene rings is 2. The van der Waals surface area contributed by atoms with E-state index in [2.05, 4.69) is 4.98 Å². The van der Waals surface area contributed by atoms with E-state index in [9.17, 15) is 13.2 Å². The molecular weight excluding hydrogens is 414 g/mol. The summed E-state index contributed by atoms with van der Waals surface area (Å²) >= 11 is 6.20. The molecule has 0 unspecified atom stereocenters. The van der Waals surface area contributed by atoms with Gasteiger partial charge in [-0.15, -0.1) is 0 Å². The molecule has 0 atom stereocenters. The Morgan fingerprint density at radius 3 is 2.62 bits per heavy atom. The molecule has 0 bridgehead atoms. The summed E-state index contributed by atoms with van der Waals surface area (Å²) in [4.78, 5) is 18.7. The number of nitrogens with zero attached hydrogens (tertiary/aromatic N) is 3. The number of aromatic nitrogens is 1. The van der Waals surface area contributed by atoms with E-state index in [0.29, 0.717) is 22.0 Å². The highest BCUT2D eigenvalue weighted by Gasteiger charge is 2.43. The molecule has 1 aromatic heterocycles. The number of sulfonamides is 1. The van der Waals surface area contributed by atoms with Crippen molar-refractivity contribution in [3.05, 3.63) is 77.4 Å². The molecule has 0 fully saturated rings. The van der Waals surface area contributed by atoms with Crippen LogP contribution in [0.4, 0.5) is 16.3 Å². The number of urea groups is 1. The Morgan fingerprint density at radius 1 is 1.07 bits per heavy atom. The molecule has 4 rings (SSSR count). The van der Waals surface area contributed by atoms with E-state index in [1.165, 1.54) is 30.3 Å². The van der Waals surface area contributed by atoms with Crippen LogP contribution in [0.25, 0.3) is 0 Å². The lowest BCUT2D eigenvalue weighted by molar-refractivity contribution is 0.229. The van der Waals surface area contributed by atoms with Gasteiger partial charge in [0.05, 0.1) is 19.3 Å². The van der Waals surface area contributed by atoms with Crippen molar-refractivity contribution >= 4 is 39.2 Å². The van der Waals surface area contributed by atoms with Gasteiger partial charge in [-0.3, -0.25) is 0 Å². The molecule has 0 N–H and O–H groups in total. The Morgan fingerprint density at radius 2 is 1.86 bits per heavy atom. The summed E-state index contributed by atoms with van der Waals surface area (Å²) < 4.78 is 32.4. The van der Waals surface area contributed by atoms with Crippen molar-refractivity contribution in [2.75, 3.05) is 12.0 Å². The van der Waals surface area contributed by atoms with Crippen molar-refractivity contribution in [1.82, 2.24) is 9.29 Å². The number of methoxy groups -OCH3 is 1. The summed E-state index contributed by atoms with van der Waals surface area (Å²) in [6.07, 6.45) is 1.44. The van der Waals surface area contributed by atoms with Crippen LogP contribution >= 0.6 is 11.6 Å². The second kappa shape index (κ2) is 7.38. The average molecular weight is 430 g/mol.